The van der Waals surface area contributed by atoms with Gasteiger partial charge in [-0.05, 0) is 30.0 Å². The lowest BCUT2D eigenvalue weighted by atomic mass is 10.0. The van der Waals surface area contributed by atoms with Crippen LogP contribution in [0.25, 0.3) is 0 Å². The number of rotatable bonds is 2. The molecule has 0 N–H and O–H groups in total. The second-order valence-corrected chi connectivity index (χ2v) is 3.35. The smallest absolute Gasteiger partial charge is 0.159 e. The fourth-order valence-corrected chi connectivity index (χ4v) is 1.14. The molecule has 0 bridgehead atoms. The molecule has 0 atom stereocenters. The van der Waals surface area contributed by atoms with Crippen LogP contribution in [0, 0.1) is 17.6 Å². The van der Waals surface area contributed by atoms with Gasteiger partial charge in [-0.2, -0.15) is 0 Å². The van der Waals surface area contributed by atoms with E-state index in [4.69, 9.17) is 0 Å². The van der Waals surface area contributed by atoms with Gasteiger partial charge in [-0.3, -0.25) is 0 Å². The third-order valence-electron chi connectivity index (χ3n) is 1.63. The normalized spacial score (nSPS) is 10.8. The fourth-order valence-electron chi connectivity index (χ4n) is 1.14. The second-order valence-electron chi connectivity index (χ2n) is 3.35. The minimum atomic E-state index is -0.775. The Kier molecular flexibility index (Phi) is 2.79. The van der Waals surface area contributed by atoms with Crippen molar-refractivity contribution in [1.29, 1.82) is 0 Å². The van der Waals surface area contributed by atoms with Gasteiger partial charge in [0.2, 0.25) is 0 Å². The molecule has 0 radical (unpaired) electrons. The standard InChI is InChI=1S/C10H12F2/c1-7(2)5-8-3-4-9(11)10(12)6-8/h3-4,6-7H,5H2,1-2H3. The van der Waals surface area contributed by atoms with Gasteiger partial charge in [0, 0.05) is 0 Å². The van der Waals surface area contributed by atoms with Gasteiger partial charge >= 0.3 is 0 Å². The molecule has 66 valence electrons. The Hall–Kier alpha value is -0.920. The van der Waals surface area contributed by atoms with E-state index in [2.05, 4.69) is 0 Å². The van der Waals surface area contributed by atoms with Crippen LogP contribution >= 0.6 is 0 Å². The van der Waals surface area contributed by atoms with Gasteiger partial charge in [0.25, 0.3) is 0 Å². The van der Waals surface area contributed by atoms with Crippen molar-refractivity contribution >= 4 is 0 Å². The van der Waals surface area contributed by atoms with Gasteiger partial charge in [-0.25, -0.2) is 8.78 Å². The van der Waals surface area contributed by atoms with Crippen molar-refractivity contribution in [3.8, 4) is 0 Å². The van der Waals surface area contributed by atoms with Crippen molar-refractivity contribution in [3.05, 3.63) is 35.4 Å². The number of hydrogen-bond donors (Lipinski definition) is 0. The Balaban J connectivity index is 2.82. The van der Waals surface area contributed by atoms with E-state index in [9.17, 15) is 8.78 Å². The molecular weight excluding hydrogens is 158 g/mol. The first kappa shape index (κ1) is 9.17. The lowest BCUT2D eigenvalue weighted by molar-refractivity contribution is 0.505. The lowest BCUT2D eigenvalue weighted by Crippen LogP contribution is -1.95. The molecule has 1 aromatic rings. The topological polar surface area (TPSA) is 0 Å². The second kappa shape index (κ2) is 3.65. The van der Waals surface area contributed by atoms with Crippen molar-refractivity contribution in [2.45, 2.75) is 20.3 Å². The third kappa shape index (κ3) is 2.29. The summed E-state index contributed by atoms with van der Waals surface area (Å²) in [5.74, 6) is -1.06. The SMILES string of the molecule is CC(C)Cc1ccc(F)c(F)c1. The van der Waals surface area contributed by atoms with E-state index in [0.29, 0.717) is 5.92 Å². The maximum absolute atomic E-state index is 12.7. The van der Waals surface area contributed by atoms with Crippen LogP contribution in [0.15, 0.2) is 18.2 Å². The molecule has 0 saturated carbocycles. The maximum Gasteiger partial charge on any atom is 0.159 e. The lowest BCUT2D eigenvalue weighted by Gasteiger charge is -2.04. The molecule has 2 heteroatoms. The molecule has 1 rings (SSSR count). The molecule has 0 aromatic heterocycles. The maximum atomic E-state index is 12.7. The molecule has 0 saturated heterocycles. The van der Waals surface area contributed by atoms with Crippen LogP contribution in [0.5, 0.6) is 0 Å². The minimum Gasteiger partial charge on any atom is -0.204 e. The van der Waals surface area contributed by atoms with Crippen LogP contribution < -0.4 is 0 Å². The van der Waals surface area contributed by atoms with Crippen LogP contribution in [0.1, 0.15) is 19.4 Å². The Bertz CT molecular complexity index is 267. The molecular formula is C10H12F2. The summed E-state index contributed by atoms with van der Waals surface area (Å²) in [7, 11) is 0. The first-order valence-corrected chi connectivity index (χ1v) is 4.03. The number of benzene rings is 1. The Morgan fingerprint density at radius 1 is 1.17 bits per heavy atom. The zero-order valence-electron chi connectivity index (χ0n) is 7.27. The fraction of sp³-hybridized carbons (Fsp3) is 0.400. The van der Waals surface area contributed by atoms with Crippen molar-refractivity contribution in [2.75, 3.05) is 0 Å². The van der Waals surface area contributed by atoms with Crippen molar-refractivity contribution in [3.63, 3.8) is 0 Å². The molecule has 0 aliphatic rings. The van der Waals surface area contributed by atoms with Gasteiger partial charge in [0.05, 0.1) is 0 Å². The molecule has 12 heavy (non-hydrogen) atoms. The number of halogens is 2. The van der Waals surface area contributed by atoms with E-state index in [-0.39, 0.29) is 0 Å². The molecule has 1 aromatic carbocycles. The van der Waals surface area contributed by atoms with E-state index in [1.807, 2.05) is 13.8 Å². The van der Waals surface area contributed by atoms with E-state index in [1.54, 1.807) is 6.07 Å². The molecule has 0 aliphatic heterocycles. The summed E-state index contributed by atoms with van der Waals surface area (Å²) >= 11 is 0. The van der Waals surface area contributed by atoms with Crippen LogP contribution in [0.3, 0.4) is 0 Å². The summed E-state index contributed by atoms with van der Waals surface area (Å²) in [6, 6.07) is 4.06. The van der Waals surface area contributed by atoms with Gasteiger partial charge in [0.1, 0.15) is 0 Å². The highest BCUT2D eigenvalue weighted by Crippen LogP contribution is 2.12. The van der Waals surface area contributed by atoms with E-state index in [0.717, 1.165) is 12.0 Å². The minimum absolute atomic E-state index is 0.467. The molecule has 0 fully saturated rings. The van der Waals surface area contributed by atoms with Crippen molar-refractivity contribution < 1.29 is 8.78 Å². The first-order valence-electron chi connectivity index (χ1n) is 4.03. The summed E-state index contributed by atoms with van der Waals surface area (Å²) in [4.78, 5) is 0. The summed E-state index contributed by atoms with van der Waals surface area (Å²) in [5, 5.41) is 0. The van der Waals surface area contributed by atoms with Crippen molar-refractivity contribution in [2.24, 2.45) is 5.92 Å². The monoisotopic (exact) mass is 170 g/mol. The van der Waals surface area contributed by atoms with E-state index < -0.39 is 11.6 Å². The van der Waals surface area contributed by atoms with E-state index in [1.165, 1.54) is 12.1 Å². The summed E-state index contributed by atoms with van der Waals surface area (Å²) in [6.45, 7) is 4.09. The van der Waals surface area contributed by atoms with Gasteiger partial charge < -0.3 is 0 Å². The largest absolute Gasteiger partial charge is 0.204 e. The molecule has 0 unspecified atom stereocenters. The van der Waals surface area contributed by atoms with Gasteiger partial charge in [-0.15, -0.1) is 0 Å². The van der Waals surface area contributed by atoms with Crippen LogP contribution in [0.2, 0.25) is 0 Å². The average Bonchev–Trinajstić information content (AvgIpc) is 1.96. The highest BCUT2D eigenvalue weighted by atomic mass is 19.2. The highest BCUT2D eigenvalue weighted by molar-refractivity contribution is 5.18. The number of hydrogen-bond acceptors (Lipinski definition) is 0. The van der Waals surface area contributed by atoms with Crippen LogP contribution in [-0.4, -0.2) is 0 Å². The van der Waals surface area contributed by atoms with Crippen molar-refractivity contribution in [1.82, 2.24) is 0 Å². The molecule has 0 amide bonds. The predicted octanol–water partition coefficient (Wildman–Crippen LogP) is 3.16. The van der Waals surface area contributed by atoms with Crippen LogP contribution in [-0.2, 0) is 6.42 Å². The van der Waals surface area contributed by atoms with Gasteiger partial charge in [-0.1, -0.05) is 19.9 Å². The first-order chi connectivity index (χ1) is 5.59. The zero-order valence-corrected chi connectivity index (χ0v) is 7.27. The molecule has 0 aliphatic carbocycles. The predicted molar refractivity (Wildman–Crippen MR) is 44.9 cm³/mol. The summed E-state index contributed by atoms with van der Waals surface area (Å²) in [6.07, 6.45) is 0.789. The van der Waals surface area contributed by atoms with Crippen LogP contribution in [0.4, 0.5) is 8.78 Å². The summed E-state index contributed by atoms with van der Waals surface area (Å²) < 4.78 is 25.1. The van der Waals surface area contributed by atoms with Gasteiger partial charge in [0.15, 0.2) is 11.6 Å². The molecule has 0 nitrogen and oxygen atoms in total. The molecule has 0 heterocycles. The Morgan fingerprint density at radius 3 is 2.33 bits per heavy atom. The Labute approximate surface area is 71.2 Å². The summed E-state index contributed by atoms with van der Waals surface area (Å²) in [5.41, 5.74) is 0.851. The average molecular weight is 170 g/mol. The molecule has 0 spiro atoms. The zero-order chi connectivity index (χ0) is 9.14. The highest BCUT2D eigenvalue weighted by Gasteiger charge is 2.03. The third-order valence-corrected chi connectivity index (χ3v) is 1.63. The quantitative estimate of drug-likeness (QED) is 0.639. The van der Waals surface area contributed by atoms with E-state index >= 15 is 0 Å². The Morgan fingerprint density at radius 2 is 1.83 bits per heavy atom.